The number of nitrogens with one attached hydrogen (secondary N) is 2. The van der Waals surface area contributed by atoms with E-state index in [1.165, 1.54) is 18.4 Å². The van der Waals surface area contributed by atoms with Crippen molar-refractivity contribution in [3.8, 4) is 5.75 Å². The van der Waals surface area contributed by atoms with Crippen LogP contribution in [0.5, 0.6) is 5.75 Å². The van der Waals surface area contributed by atoms with Crippen molar-refractivity contribution in [3.63, 3.8) is 0 Å². The molecule has 2 N–H and O–H groups in total. The molecule has 0 unspecified atom stereocenters. The van der Waals surface area contributed by atoms with E-state index in [-0.39, 0.29) is 11.8 Å². The third kappa shape index (κ3) is 2.96. The van der Waals surface area contributed by atoms with Crippen LogP contribution in [0.4, 0.5) is 5.69 Å². The number of carbonyl (C=O) groups excluding carboxylic acids is 2. The first kappa shape index (κ1) is 16.0. The number of rotatable bonds is 4. The first-order chi connectivity index (χ1) is 11.6. The van der Waals surface area contributed by atoms with Crippen LogP contribution in [-0.2, 0) is 0 Å². The molecular formula is C18H16N2O3S. The van der Waals surface area contributed by atoms with E-state index in [1.807, 2.05) is 36.4 Å². The zero-order chi connectivity index (χ0) is 17.1. The molecule has 2 amide bonds. The van der Waals surface area contributed by atoms with Crippen LogP contribution >= 0.6 is 11.3 Å². The zero-order valence-corrected chi connectivity index (χ0v) is 14.1. The summed E-state index contributed by atoms with van der Waals surface area (Å²) >= 11 is 1.36. The van der Waals surface area contributed by atoms with Gasteiger partial charge in [0.2, 0.25) is 0 Å². The lowest BCUT2D eigenvalue weighted by atomic mass is 10.2. The van der Waals surface area contributed by atoms with Crippen molar-refractivity contribution < 1.29 is 14.3 Å². The Morgan fingerprint density at radius 1 is 1.04 bits per heavy atom. The lowest BCUT2D eigenvalue weighted by Gasteiger charge is -2.06. The van der Waals surface area contributed by atoms with E-state index in [2.05, 4.69) is 10.6 Å². The van der Waals surface area contributed by atoms with Crippen molar-refractivity contribution in [1.82, 2.24) is 5.32 Å². The van der Waals surface area contributed by atoms with Gasteiger partial charge in [0.1, 0.15) is 10.6 Å². The maximum Gasteiger partial charge on any atom is 0.264 e. The molecule has 122 valence electrons. The van der Waals surface area contributed by atoms with Crippen LogP contribution in [0.2, 0.25) is 0 Å². The monoisotopic (exact) mass is 340 g/mol. The molecule has 0 spiro atoms. The average molecular weight is 340 g/mol. The van der Waals surface area contributed by atoms with Crippen molar-refractivity contribution in [1.29, 1.82) is 0 Å². The number of methoxy groups -OCH3 is 1. The highest BCUT2D eigenvalue weighted by molar-refractivity contribution is 7.21. The van der Waals surface area contributed by atoms with Gasteiger partial charge < -0.3 is 15.4 Å². The lowest BCUT2D eigenvalue weighted by Crippen LogP contribution is -2.16. The fraction of sp³-hybridized carbons (Fsp3) is 0.111. The smallest absolute Gasteiger partial charge is 0.264 e. The summed E-state index contributed by atoms with van der Waals surface area (Å²) in [4.78, 5) is 24.7. The maximum atomic E-state index is 12.3. The Hall–Kier alpha value is -2.86. The van der Waals surface area contributed by atoms with E-state index in [0.717, 1.165) is 10.1 Å². The molecule has 0 saturated carbocycles. The van der Waals surface area contributed by atoms with Crippen LogP contribution in [0.15, 0.2) is 48.5 Å². The quantitative estimate of drug-likeness (QED) is 0.763. The Bertz CT molecular complexity index is 903. The number of hydrogen-bond acceptors (Lipinski definition) is 4. The number of anilines is 1. The highest BCUT2D eigenvalue weighted by atomic mass is 32.1. The first-order valence-corrected chi connectivity index (χ1v) is 8.14. The third-order valence-electron chi connectivity index (χ3n) is 3.57. The second-order valence-corrected chi connectivity index (χ2v) is 6.13. The van der Waals surface area contributed by atoms with E-state index in [1.54, 1.807) is 19.2 Å². The summed E-state index contributed by atoms with van der Waals surface area (Å²) in [7, 11) is 3.11. The van der Waals surface area contributed by atoms with E-state index in [0.29, 0.717) is 21.9 Å². The predicted octanol–water partition coefficient (Wildman–Crippen LogP) is 3.52. The summed E-state index contributed by atoms with van der Waals surface area (Å²) in [5.74, 6) is 0.142. The summed E-state index contributed by atoms with van der Waals surface area (Å²) < 4.78 is 6.32. The molecule has 3 rings (SSSR count). The number of carbonyl (C=O) groups is 2. The molecule has 0 fully saturated rings. The van der Waals surface area contributed by atoms with Crippen LogP contribution < -0.4 is 15.4 Å². The molecule has 0 aliphatic rings. The van der Waals surface area contributed by atoms with Crippen LogP contribution in [0.25, 0.3) is 10.1 Å². The van der Waals surface area contributed by atoms with Crippen LogP contribution in [0.3, 0.4) is 0 Å². The molecule has 0 aliphatic heterocycles. The summed E-state index contributed by atoms with van der Waals surface area (Å²) in [6, 6.07) is 14.5. The predicted molar refractivity (Wildman–Crippen MR) is 96.2 cm³/mol. The molecule has 0 aliphatic carbocycles. The molecule has 6 heteroatoms. The topological polar surface area (TPSA) is 67.4 Å². The number of fused-ring (bicyclic) bond motifs is 1. The number of ether oxygens (including phenoxy) is 1. The van der Waals surface area contributed by atoms with Crippen LogP contribution in [0, 0.1) is 0 Å². The summed E-state index contributed by atoms with van der Waals surface area (Å²) in [6.07, 6.45) is 0. The van der Waals surface area contributed by atoms with Crippen molar-refractivity contribution in [2.45, 2.75) is 0 Å². The van der Waals surface area contributed by atoms with Crippen molar-refractivity contribution in [3.05, 3.63) is 59.0 Å². The number of thiophene rings is 1. The Morgan fingerprint density at radius 3 is 2.46 bits per heavy atom. The fourth-order valence-corrected chi connectivity index (χ4v) is 3.51. The minimum atomic E-state index is -0.192. The van der Waals surface area contributed by atoms with Gasteiger partial charge in [-0.05, 0) is 30.3 Å². The Balaban J connectivity index is 1.96. The van der Waals surface area contributed by atoms with Gasteiger partial charge in [0.25, 0.3) is 11.8 Å². The average Bonchev–Trinajstić information content (AvgIpc) is 2.99. The SMILES string of the molecule is CNC(=O)c1sc2ccc(NC(=O)c3ccccc3)cc2c1OC. The maximum absolute atomic E-state index is 12.3. The van der Waals surface area contributed by atoms with Gasteiger partial charge in [-0.25, -0.2) is 0 Å². The summed E-state index contributed by atoms with van der Waals surface area (Å²) in [5.41, 5.74) is 1.23. The number of benzene rings is 2. The molecule has 1 aromatic heterocycles. The van der Waals surface area contributed by atoms with Crippen LogP contribution in [0.1, 0.15) is 20.0 Å². The molecule has 0 atom stereocenters. The fourth-order valence-electron chi connectivity index (χ4n) is 2.41. The van der Waals surface area contributed by atoms with Gasteiger partial charge in [0.15, 0.2) is 0 Å². The standard InChI is InChI=1S/C18H16N2O3S/c1-19-18(22)16-15(23-2)13-10-12(8-9-14(13)24-16)20-17(21)11-6-4-3-5-7-11/h3-10H,1-2H3,(H,19,22)(H,20,21). The molecule has 2 aromatic carbocycles. The van der Waals surface area contributed by atoms with Crippen LogP contribution in [-0.4, -0.2) is 26.0 Å². The minimum Gasteiger partial charge on any atom is -0.494 e. The Labute approximate surface area is 143 Å². The van der Waals surface area contributed by atoms with Gasteiger partial charge in [0.05, 0.1) is 7.11 Å². The lowest BCUT2D eigenvalue weighted by molar-refractivity contribution is 0.0963. The van der Waals surface area contributed by atoms with Crippen molar-refractivity contribution in [2.24, 2.45) is 0 Å². The normalized spacial score (nSPS) is 10.4. The molecule has 5 nitrogen and oxygen atoms in total. The molecule has 0 radical (unpaired) electrons. The summed E-state index contributed by atoms with van der Waals surface area (Å²) in [5, 5.41) is 6.27. The second-order valence-electron chi connectivity index (χ2n) is 5.07. The van der Waals surface area contributed by atoms with Gasteiger partial charge in [-0.3, -0.25) is 9.59 Å². The first-order valence-electron chi connectivity index (χ1n) is 7.33. The van der Waals surface area contributed by atoms with E-state index in [9.17, 15) is 9.59 Å². The third-order valence-corrected chi connectivity index (χ3v) is 4.72. The largest absolute Gasteiger partial charge is 0.494 e. The Morgan fingerprint density at radius 2 is 1.79 bits per heavy atom. The molecule has 1 heterocycles. The van der Waals surface area contributed by atoms with Crippen molar-refractivity contribution >= 4 is 38.9 Å². The zero-order valence-electron chi connectivity index (χ0n) is 13.3. The molecule has 3 aromatic rings. The second kappa shape index (κ2) is 6.72. The summed E-state index contributed by atoms with van der Waals surface area (Å²) in [6.45, 7) is 0. The van der Waals surface area contributed by atoms with Gasteiger partial charge in [-0.2, -0.15) is 0 Å². The number of hydrogen-bond donors (Lipinski definition) is 2. The van der Waals surface area contributed by atoms with E-state index >= 15 is 0 Å². The molecule has 24 heavy (non-hydrogen) atoms. The van der Waals surface area contributed by atoms with Gasteiger partial charge in [-0.15, -0.1) is 11.3 Å². The highest BCUT2D eigenvalue weighted by Gasteiger charge is 2.19. The van der Waals surface area contributed by atoms with Gasteiger partial charge in [-0.1, -0.05) is 18.2 Å². The van der Waals surface area contributed by atoms with Gasteiger partial charge >= 0.3 is 0 Å². The number of amides is 2. The van der Waals surface area contributed by atoms with E-state index < -0.39 is 0 Å². The minimum absolute atomic E-state index is 0.185. The van der Waals surface area contributed by atoms with E-state index in [4.69, 9.17) is 4.74 Å². The molecule has 0 bridgehead atoms. The van der Waals surface area contributed by atoms with Crippen molar-refractivity contribution in [2.75, 3.05) is 19.5 Å². The Kier molecular flexibility index (Phi) is 4.48. The van der Waals surface area contributed by atoms with Gasteiger partial charge in [0, 0.05) is 28.4 Å². The molecular weight excluding hydrogens is 324 g/mol. The molecule has 0 saturated heterocycles. The highest BCUT2D eigenvalue weighted by Crippen LogP contribution is 2.39.